The van der Waals surface area contributed by atoms with Crippen molar-refractivity contribution in [3.05, 3.63) is 51.0 Å². The summed E-state index contributed by atoms with van der Waals surface area (Å²) in [7, 11) is 0. The Balaban J connectivity index is 1.13. The lowest BCUT2D eigenvalue weighted by Crippen LogP contribution is -2.45. The van der Waals surface area contributed by atoms with Gasteiger partial charge in [0.1, 0.15) is 5.69 Å². The SMILES string of the molecule is CCc1cc2c(s1)CCOC21CCN(Cc2ccc(C(=O)NCC3CCC(O)C3)nc2)CC1. The molecule has 2 aromatic heterocycles. The maximum atomic E-state index is 12.4. The number of fused-ring (bicyclic) bond motifs is 2. The van der Waals surface area contributed by atoms with Crippen molar-refractivity contribution in [3.63, 3.8) is 0 Å². The number of thiophene rings is 1. The Morgan fingerprint density at radius 1 is 1.33 bits per heavy atom. The first-order valence-electron chi connectivity index (χ1n) is 12.4. The second kappa shape index (κ2) is 9.82. The number of carbonyl (C=O) groups is 1. The third-order valence-corrected chi connectivity index (χ3v) is 8.94. The predicted molar refractivity (Wildman–Crippen MR) is 129 cm³/mol. The van der Waals surface area contributed by atoms with E-state index in [1.54, 1.807) is 0 Å². The molecule has 1 saturated carbocycles. The fourth-order valence-corrected chi connectivity index (χ4v) is 6.78. The van der Waals surface area contributed by atoms with Gasteiger partial charge in [-0.05, 0) is 67.7 Å². The van der Waals surface area contributed by atoms with Crippen LogP contribution in [0.2, 0.25) is 0 Å². The van der Waals surface area contributed by atoms with Gasteiger partial charge in [-0.3, -0.25) is 14.7 Å². The predicted octanol–water partition coefficient (Wildman–Crippen LogP) is 3.66. The van der Waals surface area contributed by atoms with Gasteiger partial charge in [-0.15, -0.1) is 11.3 Å². The minimum Gasteiger partial charge on any atom is -0.393 e. The molecule has 33 heavy (non-hydrogen) atoms. The number of likely N-dealkylation sites (tertiary alicyclic amines) is 1. The molecule has 2 N–H and O–H groups in total. The van der Waals surface area contributed by atoms with Crippen LogP contribution in [0.4, 0.5) is 0 Å². The lowest BCUT2D eigenvalue weighted by molar-refractivity contribution is -0.0981. The zero-order valence-corrected chi connectivity index (χ0v) is 20.3. The lowest BCUT2D eigenvalue weighted by Gasteiger charge is -2.44. The molecule has 6 nitrogen and oxygen atoms in total. The van der Waals surface area contributed by atoms with Crippen molar-refractivity contribution in [1.82, 2.24) is 15.2 Å². The molecule has 2 aliphatic heterocycles. The Morgan fingerprint density at radius 2 is 2.18 bits per heavy atom. The van der Waals surface area contributed by atoms with Gasteiger partial charge in [0.2, 0.25) is 0 Å². The van der Waals surface area contributed by atoms with E-state index in [1.807, 2.05) is 29.7 Å². The number of amides is 1. The van der Waals surface area contributed by atoms with Gasteiger partial charge in [0.25, 0.3) is 5.91 Å². The smallest absolute Gasteiger partial charge is 0.269 e. The van der Waals surface area contributed by atoms with Gasteiger partial charge < -0.3 is 15.2 Å². The minimum absolute atomic E-state index is 0.0937. The molecule has 2 aromatic rings. The Bertz CT molecular complexity index is 966. The fraction of sp³-hybridized carbons (Fsp3) is 0.615. The summed E-state index contributed by atoms with van der Waals surface area (Å²) in [4.78, 5) is 22.3. The molecule has 1 spiro atoms. The number of nitrogens with one attached hydrogen (secondary N) is 1. The second-order valence-electron chi connectivity index (χ2n) is 9.87. The quantitative estimate of drug-likeness (QED) is 0.675. The highest BCUT2D eigenvalue weighted by Crippen LogP contribution is 2.44. The van der Waals surface area contributed by atoms with E-state index in [1.165, 1.54) is 15.3 Å². The van der Waals surface area contributed by atoms with Gasteiger partial charge in [-0.1, -0.05) is 13.0 Å². The number of piperidine rings is 1. The Morgan fingerprint density at radius 3 is 2.88 bits per heavy atom. The first kappa shape index (κ1) is 23.0. The lowest BCUT2D eigenvalue weighted by atomic mass is 9.82. The van der Waals surface area contributed by atoms with Gasteiger partial charge in [-0.2, -0.15) is 0 Å². The number of pyridine rings is 1. The molecule has 0 radical (unpaired) electrons. The molecule has 4 heterocycles. The molecule has 3 aliphatic rings. The molecule has 1 amide bonds. The monoisotopic (exact) mass is 469 g/mol. The molecule has 1 saturated heterocycles. The van der Waals surface area contributed by atoms with E-state index in [-0.39, 0.29) is 17.6 Å². The molecule has 2 unspecified atom stereocenters. The van der Waals surface area contributed by atoms with E-state index in [9.17, 15) is 9.90 Å². The number of aryl methyl sites for hydroxylation is 1. The average molecular weight is 470 g/mol. The van der Waals surface area contributed by atoms with Crippen molar-refractivity contribution in [2.24, 2.45) is 5.92 Å². The third-order valence-electron chi connectivity index (χ3n) is 7.60. The summed E-state index contributed by atoms with van der Waals surface area (Å²) in [6.45, 7) is 6.55. The summed E-state index contributed by atoms with van der Waals surface area (Å²) in [5, 5.41) is 12.6. The van der Waals surface area contributed by atoms with E-state index in [2.05, 4.69) is 28.2 Å². The van der Waals surface area contributed by atoms with Gasteiger partial charge in [0.15, 0.2) is 0 Å². The normalized spacial score (nSPS) is 24.7. The number of aromatic nitrogens is 1. The molecule has 2 atom stereocenters. The fourth-order valence-electron chi connectivity index (χ4n) is 5.60. The van der Waals surface area contributed by atoms with Crippen molar-refractivity contribution in [2.45, 2.75) is 70.1 Å². The number of rotatable bonds is 6. The number of aliphatic hydroxyl groups excluding tert-OH is 1. The number of nitrogens with zero attached hydrogens (tertiary/aromatic N) is 2. The molecular weight excluding hydrogens is 434 g/mol. The Kier molecular flexibility index (Phi) is 6.84. The molecule has 0 aromatic carbocycles. The van der Waals surface area contributed by atoms with Crippen LogP contribution in [0.5, 0.6) is 0 Å². The van der Waals surface area contributed by atoms with E-state index in [0.29, 0.717) is 18.2 Å². The molecular formula is C26H35N3O3S. The van der Waals surface area contributed by atoms with Crippen LogP contribution in [0.3, 0.4) is 0 Å². The van der Waals surface area contributed by atoms with E-state index >= 15 is 0 Å². The summed E-state index contributed by atoms with van der Waals surface area (Å²) in [6.07, 6.45) is 8.44. The van der Waals surface area contributed by atoms with Crippen molar-refractivity contribution in [3.8, 4) is 0 Å². The number of ether oxygens (including phenoxy) is 1. The maximum absolute atomic E-state index is 12.4. The maximum Gasteiger partial charge on any atom is 0.269 e. The highest BCUT2D eigenvalue weighted by atomic mass is 32.1. The molecule has 5 rings (SSSR count). The summed E-state index contributed by atoms with van der Waals surface area (Å²) in [5.41, 5.74) is 2.96. The summed E-state index contributed by atoms with van der Waals surface area (Å²) >= 11 is 1.97. The van der Waals surface area contributed by atoms with E-state index < -0.39 is 0 Å². The summed E-state index contributed by atoms with van der Waals surface area (Å²) in [6, 6.07) is 6.25. The van der Waals surface area contributed by atoms with Gasteiger partial charge >= 0.3 is 0 Å². The largest absolute Gasteiger partial charge is 0.393 e. The van der Waals surface area contributed by atoms with Crippen molar-refractivity contribution in [2.75, 3.05) is 26.2 Å². The van der Waals surface area contributed by atoms with E-state index in [0.717, 1.165) is 76.8 Å². The van der Waals surface area contributed by atoms with Crippen molar-refractivity contribution in [1.29, 1.82) is 0 Å². The first-order chi connectivity index (χ1) is 16.0. The number of aliphatic hydroxyl groups is 1. The van der Waals surface area contributed by atoms with Crippen LogP contribution in [-0.4, -0.2) is 53.2 Å². The Labute approximate surface area is 200 Å². The van der Waals surface area contributed by atoms with Crippen LogP contribution < -0.4 is 5.32 Å². The van der Waals surface area contributed by atoms with Crippen LogP contribution in [0, 0.1) is 5.92 Å². The molecule has 7 heteroatoms. The summed E-state index contributed by atoms with van der Waals surface area (Å²) in [5.74, 6) is 0.243. The summed E-state index contributed by atoms with van der Waals surface area (Å²) < 4.78 is 6.41. The molecule has 1 aliphatic carbocycles. The van der Waals surface area contributed by atoms with Crippen molar-refractivity contribution < 1.29 is 14.6 Å². The zero-order chi connectivity index (χ0) is 22.8. The van der Waals surface area contributed by atoms with E-state index in [4.69, 9.17) is 4.74 Å². The number of hydrogen-bond donors (Lipinski definition) is 2. The van der Waals surface area contributed by atoms with Crippen molar-refractivity contribution >= 4 is 17.2 Å². The van der Waals surface area contributed by atoms with Gasteiger partial charge in [0.05, 0.1) is 18.3 Å². The molecule has 178 valence electrons. The number of carbonyl (C=O) groups excluding carboxylic acids is 1. The first-order valence-corrected chi connectivity index (χ1v) is 13.3. The third kappa shape index (κ3) is 5.02. The topological polar surface area (TPSA) is 74.7 Å². The highest BCUT2D eigenvalue weighted by Gasteiger charge is 2.41. The molecule has 0 bridgehead atoms. The van der Waals surface area contributed by atoms with Crippen LogP contribution in [-0.2, 0) is 29.7 Å². The second-order valence-corrected chi connectivity index (χ2v) is 11.1. The molecule has 2 fully saturated rings. The van der Waals surface area contributed by atoms with Crippen LogP contribution in [0.1, 0.15) is 70.4 Å². The number of hydrogen-bond acceptors (Lipinski definition) is 6. The average Bonchev–Trinajstić information content (AvgIpc) is 3.46. The van der Waals surface area contributed by atoms with Gasteiger partial charge in [0, 0.05) is 48.6 Å². The zero-order valence-electron chi connectivity index (χ0n) is 19.5. The Hall–Kier alpha value is -1.80. The van der Waals surface area contributed by atoms with Crippen LogP contribution in [0.15, 0.2) is 24.4 Å². The van der Waals surface area contributed by atoms with Crippen LogP contribution >= 0.6 is 11.3 Å². The minimum atomic E-state index is -0.209. The highest BCUT2D eigenvalue weighted by molar-refractivity contribution is 7.12. The van der Waals surface area contributed by atoms with Crippen LogP contribution in [0.25, 0.3) is 0 Å². The van der Waals surface area contributed by atoms with Gasteiger partial charge in [-0.25, -0.2) is 0 Å². The standard InChI is InChI=1S/C26H35N3O3S/c1-2-21-14-22-24(33-21)7-12-32-26(22)8-10-29(11-9-26)17-19-4-6-23(27-16-19)25(31)28-15-18-3-5-20(30)13-18/h4,6,14,16,18,20,30H,2-3,5,7-13,15,17H2,1H3,(H,28,31).